The Bertz CT molecular complexity index is 1430. The largest absolute Gasteiger partial charge is 0.353 e. The van der Waals surface area contributed by atoms with E-state index in [2.05, 4.69) is 10.3 Å². The standard InChI is InChI=1S/C25H26ClN5O2S/c1-15-11-21(29-31(15)19-10-6-7-17(26)12-19)23-16(2)27-25-30(24(23)33)20(14-34-25)13-22(32)28-18-8-4-3-5-9-18/h6-7,10-12,14,18H,3-5,8-9,13H2,1-2H3,(H,28,32). The number of fused-ring (bicyclic) bond motifs is 1. The quantitative estimate of drug-likeness (QED) is 0.428. The first kappa shape index (κ1) is 22.8. The number of aromatic nitrogens is 4. The number of rotatable bonds is 5. The molecule has 1 aliphatic carbocycles. The van der Waals surface area contributed by atoms with Crippen LogP contribution in [0.25, 0.3) is 21.9 Å². The molecule has 5 rings (SSSR count). The summed E-state index contributed by atoms with van der Waals surface area (Å²) in [6, 6.07) is 9.52. The molecule has 0 aliphatic heterocycles. The molecule has 3 aromatic heterocycles. The van der Waals surface area contributed by atoms with Crippen LogP contribution in [0.5, 0.6) is 0 Å². The van der Waals surface area contributed by atoms with Crippen molar-refractivity contribution in [2.75, 3.05) is 0 Å². The van der Waals surface area contributed by atoms with Gasteiger partial charge in [-0.15, -0.1) is 11.3 Å². The Morgan fingerprint density at radius 1 is 1.21 bits per heavy atom. The molecule has 0 spiro atoms. The van der Waals surface area contributed by atoms with Crippen molar-refractivity contribution in [3.05, 3.63) is 68.2 Å². The molecule has 1 aromatic carbocycles. The molecule has 1 aliphatic rings. The van der Waals surface area contributed by atoms with Gasteiger partial charge < -0.3 is 5.32 Å². The van der Waals surface area contributed by atoms with E-state index in [4.69, 9.17) is 16.7 Å². The van der Waals surface area contributed by atoms with Gasteiger partial charge in [0.25, 0.3) is 5.56 Å². The van der Waals surface area contributed by atoms with E-state index in [0.717, 1.165) is 37.1 Å². The zero-order chi connectivity index (χ0) is 23.8. The Hall–Kier alpha value is -2.97. The first-order valence-electron chi connectivity index (χ1n) is 11.5. The van der Waals surface area contributed by atoms with Gasteiger partial charge >= 0.3 is 0 Å². The molecule has 1 fully saturated rings. The van der Waals surface area contributed by atoms with E-state index >= 15 is 0 Å². The predicted molar refractivity (Wildman–Crippen MR) is 135 cm³/mol. The SMILES string of the molecule is Cc1nc2scc(CC(=O)NC3CCCCC3)n2c(=O)c1-c1cc(C)n(-c2cccc(Cl)c2)n1. The Morgan fingerprint density at radius 3 is 2.76 bits per heavy atom. The van der Waals surface area contributed by atoms with Crippen molar-refractivity contribution in [1.29, 1.82) is 0 Å². The van der Waals surface area contributed by atoms with Crippen LogP contribution in [0.2, 0.25) is 5.02 Å². The van der Waals surface area contributed by atoms with E-state index in [1.54, 1.807) is 9.08 Å². The molecule has 3 heterocycles. The zero-order valence-electron chi connectivity index (χ0n) is 19.2. The Kier molecular flexibility index (Phi) is 6.27. The van der Waals surface area contributed by atoms with Gasteiger partial charge in [-0.3, -0.25) is 14.0 Å². The topological polar surface area (TPSA) is 81.3 Å². The van der Waals surface area contributed by atoms with E-state index in [1.807, 2.05) is 49.6 Å². The molecule has 34 heavy (non-hydrogen) atoms. The highest BCUT2D eigenvalue weighted by molar-refractivity contribution is 7.15. The van der Waals surface area contributed by atoms with Crippen molar-refractivity contribution in [2.45, 2.75) is 58.4 Å². The number of thiazole rings is 1. The number of amides is 1. The highest BCUT2D eigenvalue weighted by atomic mass is 35.5. The van der Waals surface area contributed by atoms with E-state index in [0.29, 0.717) is 32.6 Å². The van der Waals surface area contributed by atoms with Gasteiger partial charge in [0.2, 0.25) is 5.91 Å². The summed E-state index contributed by atoms with van der Waals surface area (Å²) < 4.78 is 3.32. The molecule has 9 heteroatoms. The van der Waals surface area contributed by atoms with Crippen LogP contribution >= 0.6 is 22.9 Å². The van der Waals surface area contributed by atoms with Gasteiger partial charge in [-0.25, -0.2) is 9.67 Å². The van der Waals surface area contributed by atoms with Crippen LogP contribution < -0.4 is 10.9 Å². The van der Waals surface area contributed by atoms with Crippen molar-refractivity contribution >= 4 is 33.8 Å². The van der Waals surface area contributed by atoms with Gasteiger partial charge in [0.15, 0.2) is 4.96 Å². The summed E-state index contributed by atoms with van der Waals surface area (Å²) in [5.41, 5.74) is 3.73. The number of halogens is 1. The van der Waals surface area contributed by atoms with Crippen molar-refractivity contribution in [1.82, 2.24) is 24.5 Å². The Balaban J connectivity index is 1.50. The van der Waals surface area contributed by atoms with E-state index in [-0.39, 0.29) is 23.9 Å². The molecule has 7 nitrogen and oxygen atoms in total. The monoisotopic (exact) mass is 495 g/mol. The lowest BCUT2D eigenvalue weighted by Crippen LogP contribution is -2.37. The van der Waals surface area contributed by atoms with E-state index < -0.39 is 0 Å². The molecule has 0 radical (unpaired) electrons. The maximum absolute atomic E-state index is 13.6. The highest BCUT2D eigenvalue weighted by Gasteiger charge is 2.21. The molecular formula is C25H26ClN5O2S. The minimum absolute atomic E-state index is 0.0540. The fourth-order valence-electron chi connectivity index (χ4n) is 4.68. The molecule has 4 aromatic rings. The predicted octanol–water partition coefficient (Wildman–Crippen LogP) is 4.87. The molecular weight excluding hydrogens is 470 g/mol. The molecule has 176 valence electrons. The smallest absolute Gasteiger partial charge is 0.268 e. The highest BCUT2D eigenvalue weighted by Crippen LogP contribution is 2.24. The lowest BCUT2D eigenvalue weighted by molar-refractivity contribution is -0.121. The summed E-state index contributed by atoms with van der Waals surface area (Å²) in [5.74, 6) is -0.0540. The lowest BCUT2D eigenvalue weighted by atomic mass is 9.95. The lowest BCUT2D eigenvalue weighted by Gasteiger charge is -2.22. The van der Waals surface area contributed by atoms with Crippen LogP contribution in [-0.4, -0.2) is 31.1 Å². The summed E-state index contributed by atoms with van der Waals surface area (Å²) >= 11 is 7.53. The summed E-state index contributed by atoms with van der Waals surface area (Å²) in [6.07, 6.45) is 5.73. The summed E-state index contributed by atoms with van der Waals surface area (Å²) in [4.78, 5) is 31.6. The van der Waals surface area contributed by atoms with Gasteiger partial charge in [0, 0.05) is 27.8 Å². The van der Waals surface area contributed by atoms with Crippen LogP contribution in [0.1, 0.15) is 49.2 Å². The number of nitrogens with zero attached hydrogens (tertiary/aromatic N) is 4. The number of hydrogen-bond acceptors (Lipinski definition) is 5. The summed E-state index contributed by atoms with van der Waals surface area (Å²) in [7, 11) is 0. The molecule has 0 bridgehead atoms. The molecule has 0 atom stereocenters. The van der Waals surface area contributed by atoms with Crippen LogP contribution in [0, 0.1) is 13.8 Å². The number of nitrogens with one attached hydrogen (secondary N) is 1. The van der Waals surface area contributed by atoms with E-state index in [1.165, 1.54) is 17.8 Å². The molecule has 1 N–H and O–H groups in total. The molecule has 0 saturated heterocycles. The second-order valence-electron chi connectivity index (χ2n) is 8.86. The maximum Gasteiger partial charge on any atom is 0.268 e. The number of benzene rings is 1. The third kappa shape index (κ3) is 4.40. The molecule has 1 saturated carbocycles. The van der Waals surface area contributed by atoms with Gasteiger partial charge in [0.05, 0.1) is 23.4 Å². The third-order valence-electron chi connectivity index (χ3n) is 6.33. The first-order valence-corrected chi connectivity index (χ1v) is 12.8. The zero-order valence-corrected chi connectivity index (χ0v) is 20.7. The van der Waals surface area contributed by atoms with Gasteiger partial charge in [0.1, 0.15) is 5.69 Å². The van der Waals surface area contributed by atoms with Gasteiger partial charge in [-0.2, -0.15) is 5.10 Å². The average Bonchev–Trinajstić information content (AvgIpc) is 3.37. The number of hydrogen-bond donors (Lipinski definition) is 1. The fourth-order valence-corrected chi connectivity index (χ4v) is 5.79. The first-order chi connectivity index (χ1) is 16.4. The normalized spacial score (nSPS) is 14.6. The minimum Gasteiger partial charge on any atom is -0.353 e. The van der Waals surface area contributed by atoms with Crippen molar-refractivity contribution in [3.8, 4) is 16.9 Å². The minimum atomic E-state index is -0.208. The third-order valence-corrected chi connectivity index (χ3v) is 7.44. The van der Waals surface area contributed by atoms with Crippen LogP contribution in [0.4, 0.5) is 0 Å². The second-order valence-corrected chi connectivity index (χ2v) is 10.1. The van der Waals surface area contributed by atoms with E-state index in [9.17, 15) is 9.59 Å². The number of aryl methyl sites for hydroxylation is 2. The van der Waals surface area contributed by atoms with Gasteiger partial charge in [-0.05, 0) is 51.0 Å². The fraction of sp³-hybridized carbons (Fsp3) is 0.360. The second kappa shape index (κ2) is 9.35. The number of carbonyl (C=O) groups excluding carboxylic acids is 1. The van der Waals surface area contributed by atoms with Crippen LogP contribution in [-0.2, 0) is 11.2 Å². The van der Waals surface area contributed by atoms with Crippen molar-refractivity contribution in [2.24, 2.45) is 0 Å². The maximum atomic E-state index is 13.6. The molecule has 1 amide bonds. The van der Waals surface area contributed by atoms with Crippen LogP contribution in [0.15, 0.2) is 40.5 Å². The number of carbonyl (C=O) groups is 1. The van der Waals surface area contributed by atoms with Crippen LogP contribution in [0.3, 0.4) is 0 Å². The Morgan fingerprint density at radius 2 is 2.00 bits per heavy atom. The van der Waals surface area contributed by atoms with Crippen molar-refractivity contribution in [3.63, 3.8) is 0 Å². The summed E-state index contributed by atoms with van der Waals surface area (Å²) in [6.45, 7) is 3.75. The molecule has 0 unspecified atom stereocenters. The van der Waals surface area contributed by atoms with Crippen molar-refractivity contribution < 1.29 is 4.79 Å². The van der Waals surface area contributed by atoms with Gasteiger partial charge in [-0.1, -0.05) is 36.9 Å². The summed E-state index contributed by atoms with van der Waals surface area (Å²) in [5, 5.41) is 10.3. The average molecular weight is 496 g/mol. The Labute approximate surface area is 206 Å².